The van der Waals surface area contributed by atoms with E-state index in [0.29, 0.717) is 11.3 Å². The summed E-state index contributed by atoms with van der Waals surface area (Å²) in [4.78, 5) is 18.9. The van der Waals surface area contributed by atoms with Crippen LogP contribution < -0.4 is 0 Å². The lowest BCUT2D eigenvalue weighted by Gasteiger charge is -2.06. The number of carbonyl (C=O) groups is 1. The van der Waals surface area contributed by atoms with Crippen molar-refractivity contribution in [2.75, 3.05) is 0 Å². The van der Waals surface area contributed by atoms with Gasteiger partial charge in [-0.2, -0.15) is 0 Å². The van der Waals surface area contributed by atoms with Gasteiger partial charge in [-0.1, -0.05) is 18.2 Å². The van der Waals surface area contributed by atoms with Gasteiger partial charge in [-0.3, -0.25) is 9.98 Å². The number of benzene rings is 1. The Morgan fingerprint density at radius 2 is 2.00 bits per heavy atom. The first-order valence-corrected chi connectivity index (χ1v) is 4.38. The van der Waals surface area contributed by atoms with E-state index >= 15 is 0 Å². The molecule has 0 fully saturated rings. The molecule has 1 N–H and O–H groups in total. The van der Waals surface area contributed by atoms with E-state index < -0.39 is 5.97 Å². The first-order valence-electron chi connectivity index (χ1n) is 4.38. The maximum Gasteiger partial charge on any atom is 0.337 e. The number of aliphatic imine (C=N–C) groups is 2. The van der Waals surface area contributed by atoms with Crippen molar-refractivity contribution >= 4 is 29.7 Å². The minimum Gasteiger partial charge on any atom is -0.478 e. The number of carboxylic acid groups (broad SMARTS) is 1. The second-order valence-electron chi connectivity index (χ2n) is 2.94. The Balaban J connectivity index is 2.63. The second kappa shape index (κ2) is 3.88. The third-order valence-electron chi connectivity index (χ3n) is 1.99. The molecule has 2 rings (SSSR count). The summed E-state index contributed by atoms with van der Waals surface area (Å²) in [5.41, 5.74) is 1.37. The Kier molecular flexibility index (Phi) is 2.41. The Morgan fingerprint density at radius 1 is 1.20 bits per heavy atom. The second-order valence-corrected chi connectivity index (χ2v) is 2.94. The van der Waals surface area contributed by atoms with Crippen LogP contribution in [0.1, 0.15) is 5.56 Å². The van der Waals surface area contributed by atoms with Crippen LogP contribution >= 0.6 is 0 Å². The number of para-hydroxylation sites is 1. The molecule has 0 bridgehead atoms. The molecule has 0 spiro atoms. The van der Waals surface area contributed by atoms with E-state index in [4.69, 9.17) is 5.11 Å². The summed E-state index contributed by atoms with van der Waals surface area (Å²) in [6, 6.07) is 7.07. The highest BCUT2D eigenvalue weighted by Crippen LogP contribution is 2.26. The topological polar surface area (TPSA) is 62.0 Å². The summed E-state index contributed by atoms with van der Waals surface area (Å²) in [6.07, 6.45) is 4.32. The quantitative estimate of drug-likeness (QED) is 0.752. The smallest absolute Gasteiger partial charge is 0.337 e. The van der Waals surface area contributed by atoms with Crippen molar-refractivity contribution in [2.45, 2.75) is 0 Å². The molecule has 1 aliphatic heterocycles. The van der Waals surface area contributed by atoms with Crippen molar-refractivity contribution in [1.82, 2.24) is 0 Å². The third-order valence-corrected chi connectivity index (χ3v) is 1.99. The Bertz CT molecular complexity index is 487. The van der Waals surface area contributed by atoms with Gasteiger partial charge >= 0.3 is 5.97 Å². The highest BCUT2D eigenvalue weighted by atomic mass is 16.4. The highest BCUT2D eigenvalue weighted by molar-refractivity contribution is 6.21. The van der Waals surface area contributed by atoms with Gasteiger partial charge in [0.25, 0.3) is 0 Å². The van der Waals surface area contributed by atoms with Gasteiger partial charge in [-0.25, -0.2) is 4.79 Å². The first-order chi connectivity index (χ1) is 7.29. The molecule has 4 nitrogen and oxygen atoms in total. The van der Waals surface area contributed by atoms with Gasteiger partial charge < -0.3 is 5.11 Å². The van der Waals surface area contributed by atoms with Gasteiger partial charge in [0.1, 0.15) is 0 Å². The van der Waals surface area contributed by atoms with Gasteiger partial charge in [0.15, 0.2) is 0 Å². The molecular weight excluding hydrogens is 192 g/mol. The molecule has 1 aromatic carbocycles. The molecule has 0 aromatic heterocycles. The normalized spacial score (nSPS) is 17.2. The number of hydrogen-bond acceptors (Lipinski definition) is 3. The zero-order chi connectivity index (χ0) is 10.7. The lowest BCUT2D eigenvalue weighted by atomic mass is 10.0. The van der Waals surface area contributed by atoms with E-state index in [1.54, 1.807) is 18.2 Å². The molecule has 1 aromatic rings. The van der Waals surface area contributed by atoms with Crippen molar-refractivity contribution in [2.24, 2.45) is 9.98 Å². The average molecular weight is 200 g/mol. The van der Waals surface area contributed by atoms with Crippen molar-refractivity contribution in [3.05, 3.63) is 36.0 Å². The van der Waals surface area contributed by atoms with Crippen LogP contribution in [0.25, 0.3) is 5.57 Å². The van der Waals surface area contributed by atoms with Gasteiger partial charge in [0, 0.05) is 24.2 Å². The molecule has 0 saturated heterocycles. The molecule has 0 radical (unpaired) electrons. The number of fused-ring (bicyclic) bond motifs is 1. The van der Waals surface area contributed by atoms with Crippen LogP contribution in [-0.2, 0) is 4.79 Å². The predicted molar refractivity (Wildman–Crippen MR) is 58.7 cm³/mol. The van der Waals surface area contributed by atoms with E-state index in [1.165, 1.54) is 18.6 Å². The monoisotopic (exact) mass is 200 g/mol. The predicted octanol–water partition coefficient (Wildman–Crippen LogP) is 1.90. The van der Waals surface area contributed by atoms with Gasteiger partial charge in [-0.15, -0.1) is 0 Å². The van der Waals surface area contributed by atoms with Crippen molar-refractivity contribution in [3.8, 4) is 0 Å². The maximum atomic E-state index is 11.0. The summed E-state index contributed by atoms with van der Waals surface area (Å²) in [6.45, 7) is 0. The van der Waals surface area contributed by atoms with Crippen molar-refractivity contribution in [3.63, 3.8) is 0 Å². The van der Waals surface area contributed by atoms with Gasteiger partial charge in [0.2, 0.25) is 0 Å². The fourth-order valence-electron chi connectivity index (χ4n) is 1.32. The Hall–Kier alpha value is -2.23. The largest absolute Gasteiger partial charge is 0.478 e. The summed E-state index contributed by atoms with van der Waals surface area (Å²) >= 11 is 0. The van der Waals surface area contributed by atoms with Gasteiger partial charge in [0.05, 0.1) is 11.3 Å². The van der Waals surface area contributed by atoms with Crippen LogP contribution in [-0.4, -0.2) is 23.5 Å². The molecule has 0 amide bonds. The molecule has 1 heterocycles. The average Bonchev–Trinajstić information content (AvgIpc) is 2.18. The summed E-state index contributed by atoms with van der Waals surface area (Å²) in [5, 5.41) is 9.01. The highest BCUT2D eigenvalue weighted by Gasteiger charge is 2.13. The number of carboxylic acids is 1. The van der Waals surface area contributed by atoms with E-state index in [0.717, 1.165) is 0 Å². The SMILES string of the molecule is O=C(O)/C1=C/N=CC=Nc2ccccc21. The molecular formula is C11H8N2O2. The number of rotatable bonds is 1. The molecule has 74 valence electrons. The lowest BCUT2D eigenvalue weighted by Crippen LogP contribution is -2.00. The molecule has 0 atom stereocenters. The van der Waals surface area contributed by atoms with Crippen molar-refractivity contribution in [1.29, 1.82) is 0 Å². The van der Waals surface area contributed by atoms with Crippen LogP contribution in [0.4, 0.5) is 5.69 Å². The third kappa shape index (κ3) is 1.83. The van der Waals surface area contributed by atoms with E-state index in [2.05, 4.69) is 9.98 Å². The van der Waals surface area contributed by atoms with Crippen LogP contribution in [0.3, 0.4) is 0 Å². The van der Waals surface area contributed by atoms with Crippen LogP contribution in [0.2, 0.25) is 0 Å². The summed E-state index contributed by atoms with van der Waals surface area (Å²) in [7, 11) is 0. The van der Waals surface area contributed by atoms with Crippen LogP contribution in [0.5, 0.6) is 0 Å². The maximum absolute atomic E-state index is 11.0. The van der Waals surface area contributed by atoms with E-state index in [1.807, 2.05) is 6.07 Å². The number of aliphatic carboxylic acids is 1. The van der Waals surface area contributed by atoms with Crippen LogP contribution in [0.15, 0.2) is 40.5 Å². The fraction of sp³-hybridized carbons (Fsp3) is 0. The van der Waals surface area contributed by atoms with Crippen LogP contribution in [0, 0.1) is 0 Å². The van der Waals surface area contributed by atoms with Gasteiger partial charge in [-0.05, 0) is 6.07 Å². The minimum absolute atomic E-state index is 0.152. The molecule has 15 heavy (non-hydrogen) atoms. The standard InChI is InChI=1S/C11H8N2O2/c14-11(15)9-7-12-5-6-13-10-4-2-1-3-8(9)10/h1-7H,(H,14,15)/b6-5?,9-7+,9-8?,12-5?,12-7?,13-6?,13-10?. The number of nitrogens with zero attached hydrogens (tertiary/aromatic N) is 2. The molecule has 0 saturated carbocycles. The fourth-order valence-corrected chi connectivity index (χ4v) is 1.32. The molecule has 4 heteroatoms. The van der Waals surface area contributed by atoms with E-state index in [-0.39, 0.29) is 5.57 Å². The Labute approximate surface area is 86.3 Å². The minimum atomic E-state index is -1.00. The Morgan fingerprint density at radius 3 is 2.80 bits per heavy atom. The first kappa shape index (κ1) is 9.33. The van der Waals surface area contributed by atoms with Crippen molar-refractivity contribution < 1.29 is 9.90 Å². The van der Waals surface area contributed by atoms with E-state index in [9.17, 15) is 4.79 Å². The molecule has 0 unspecified atom stereocenters. The number of hydrogen-bond donors (Lipinski definition) is 1. The molecule has 0 aliphatic carbocycles. The summed E-state index contributed by atoms with van der Waals surface area (Å²) < 4.78 is 0. The summed E-state index contributed by atoms with van der Waals surface area (Å²) in [5.74, 6) is -1.00. The zero-order valence-electron chi connectivity index (χ0n) is 7.79. The molecule has 1 aliphatic rings. The zero-order valence-corrected chi connectivity index (χ0v) is 7.79. The lowest BCUT2D eigenvalue weighted by molar-refractivity contribution is -0.130.